The van der Waals surface area contributed by atoms with Crippen molar-refractivity contribution < 1.29 is 9.90 Å². The highest BCUT2D eigenvalue weighted by atomic mass is 32.1. The summed E-state index contributed by atoms with van der Waals surface area (Å²) in [6.45, 7) is 6.17. The maximum Gasteiger partial charge on any atom is 0.323 e. The van der Waals surface area contributed by atoms with Gasteiger partial charge in [-0.05, 0) is 44.8 Å². The Balaban J connectivity index is 2.76. The SMILES string of the molecule is Cc1ccsc1CN(C)C(C)(C)C(=O)O. The van der Waals surface area contributed by atoms with E-state index in [1.54, 1.807) is 25.2 Å². The Morgan fingerprint density at radius 1 is 1.60 bits per heavy atom. The summed E-state index contributed by atoms with van der Waals surface area (Å²) in [6, 6.07) is 2.06. The predicted octanol–water partition coefficient (Wildman–Crippen LogP) is 2.35. The van der Waals surface area contributed by atoms with Crippen molar-refractivity contribution in [1.29, 1.82) is 0 Å². The topological polar surface area (TPSA) is 40.5 Å². The summed E-state index contributed by atoms with van der Waals surface area (Å²) >= 11 is 1.67. The molecule has 1 N–H and O–H groups in total. The van der Waals surface area contributed by atoms with Crippen molar-refractivity contribution in [3.63, 3.8) is 0 Å². The van der Waals surface area contributed by atoms with Crippen LogP contribution in [0.25, 0.3) is 0 Å². The third-order valence-electron chi connectivity index (χ3n) is 2.83. The molecule has 0 spiro atoms. The van der Waals surface area contributed by atoms with Gasteiger partial charge in [0.1, 0.15) is 5.54 Å². The summed E-state index contributed by atoms with van der Waals surface area (Å²) in [4.78, 5) is 14.1. The summed E-state index contributed by atoms with van der Waals surface area (Å²) in [5.74, 6) is -0.792. The lowest BCUT2D eigenvalue weighted by Crippen LogP contribution is -2.47. The van der Waals surface area contributed by atoms with Gasteiger partial charge >= 0.3 is 5.97 Å². The number of thiophene rings is 1. The second kappa shape index (κ2) is 4.33. The average Bonchev–Trinajstić information content (AvgIpc) is 2.51. The van der Waals surface area contributed by atoms with Crippen LogP contribution in [0.15, 0.2) is 11.4 Å². The molecule has 4 heteroatoms. The first kappa shape index (κ1) is 12.2. The molecule has 0 radical (unpaired) electrons. The molecule has 0 fully saturated rings. The summed E-state index contributed by atoms with van der Waals surface area (Å²) in [7, 11) is 1.84. The maximum absolute atomic E-state index is 11.0. The first-order chi connectivity index (χ1) is 6.85. The van der Waals surface area contributed by atoms with Crippen molar-refractivity contribution in [3.8, 4) is 0 Å². The van der Waals surface area contributed by atoms with Crippen molar-refractivity contribution in [2.24, 2.45) is 0 Å². The minimum atomic E-state index is -0.823. The lowest BCUT2D eigenvalue weighted by Gasteiger charge is -2.31. The summed E-state index contributed by atoms with van der Waals surface area (Å²) in [5, 5.41) is 11.1. The van der Waals surface area contributed by atoms with Gasteiger partial charge in [-0.15, -0.1) is 11.3 Å². The number of aliphatic carboxylic acids is 1. The van der Waals surface area contributed by atoms with E-state index in [0.29, 0.717) is 6.54 Å². The molecule has 0 aliphatic rings. The van der Waals surface area contributed by atoms with Crippen molar-refractivity contribution in [1.82, 2.24) is 4.90 Å². The summed E-state index contributed by atoms with van der Waals surface area (Å²) in [5.41, 5.74) is 0.407. The fraction of sp³-hybridized carbons (Fsp3) is 0.545. The fourth-order valence-corrected chi connectivity index (χ4v) is 2.10. The van der Waals surface area contributed by atoms with Gasteiger partial charge in [-0.1, -0.05) is 0 Å². The van der Waals surface area contributed by atoms with Gasteiger partial charge in [0, 0.05) is 11.4 Å². The molecule has 0 unspecified atom stereocenters. The minimum absolute atomic E-state index is 0.683. The second-order valence-electron chi connectivity index (χ2n) is 4.25. The van der Waals surface area contributed by atoms with Gasteiger partial charge < -0.3 is 5.11 Å². The van der Waals surface area contributed by atoms with Crippen LogP contribution in [0.2, 0.25) is 0 Å². The molecule has 0 aromatic carbocycles. The normalized spacial score (nSPS) is 12.1. The maximum atomic E-state index is 11.0. The first-order valence-corrected chi connectivity index (χ1v) is 5.71. The van der Waals surface area contributed by atoms with Crippen LogP contribution in [0.5, 0.6) is 0 Å². The molecule has 15 heavy (non-hydrogen) atoms. The Labute approximate surface area is 94.3 Å². The molecular formula is C11H17NO2S. The Hall–Kier alpha value is -0.870. The number of carboxylic acid groups (broad SMARTS) is 1. The zero-order chi connectivity index (χ0) is 11.6. The number of carboxylic acids is 1. The zero-order valence-electron chi connectivity index (χ0n) is 9.57. The Morgan fingerprint density at radius 3 is 2.60 bits per heavy atom. The highest BCUT2D eigenvalue weighted by molar-refractivity contribution is 7.10. The molecule has 1 rings (SSSR count). The van der Waals surface area contributed by atoms with Crippen LogP contribution in [-0.2, 0) is 11.3 Å². The minimum Gasteiger partial charge on any atom is -0.480 e. The van der Waals surface area contributed by atoms with E-state index in [0.717, 1.165) is 0 Å². The molecule has 0 saturated heterocycles. The van der Waals surface area contributed by atoms with Crippen molar-refractivity contribution >= 4 is 17.3 Å². The van der Waals surface area contributed by atoms with Gasteiger partial charge in [0.15, 0.2) is 0 Å². The molecular weight excluding hydrogens is 210 g/mol. The molecule has 0 atom stereocenters. The molecule has 1 aromatic rings. The van der Waals surface area contributed by atoms with Crippen molar-refractivity contribution in [2.45, 2.75) is 32.9 Å². The quantitative estimate of drug-likeness (QED) is 0.858. The number of carbonyl (C=O) groups is 1. The molecule has 3 nitrogen and oxygen atoms in total. The van der Waals surface area contributed by atoms with Crippen LogP contribution in [0.3, 0.4) is 0 Å². The van der Waals surface area contributed by atoms with E-state index in [4.69, 9.17) is 5.11 Å². The smallest absolute Gasteiger partial charge is 0.323 e. The van der Waals surface area contributed by atoms with Crippen LogP contribution in [0.4, 0.5) is 0 Å². The lowest BCUT2D eigenvalue weighted by molar-refractivity contribution is -0.148. The number of hydrogen-bond donors (Lipinski definition) is 1. The van der Waals surface area contributed by atoms with Crippen molar-refractivity contribution in [3.05, 3.63) is 21.9 Å². The van der Waals surface area contributed by atoms with E-state index >= 15 is 0 Å². The predicted molar refractivity (Wildman–Crippen MR) is 62.2 cm³/mol. The highest BCUT2D eigenvalue weighted by Gasteiger charge is 2.32. The van der Waals surface area contributed by atoms with E-state index in [9.17, 15) is 4.79 Å². The molecule has 84 valence electrons. The third kappa shape index (κ3) is 2.58. The monoisotopic (exact) mass is 227 g/mol. The van der Waals surface area contributed by atoms with Gasteiger partial charge in [-0.2, -0.15) is 0 Å². The Bertz CT molecular complexity index is 357. The van der Waals surface area contributed by atoms with Crippen LogP contribution < -0.4 is 0 Å². The standard InChI is InChI=1S/C11H17NO2S/c1-8-5-6-15-9(8)7-12(4)11(2,3)10(13)14/h5-6H,7H2,1-4H3,(H,13,14). The Morgan fingerprint density at radius 2 is 2.20 bits per heavy atom. The van der Waals surface area contributed by atoms with Crippen LogP contribution >= 0.6 is 11.3 Å². The molecule has 0 saturated carbocycles. The largest absolute Gasteiger partial charge is 0.480 e. The zero-order valence-corrected chi connectivity index (χ0v) is 10.4. The van der Waals surface area contributed by atoms with Gasteiger partial charge in [0.05, 0.1) is 0 Å². The summed E-state index contributed by atoms with van der Waals surface area (Å²) < 4.78 is 0. The molecule has 1 heterocycles. The third-order valence-corrected chi connectivity index (χ3v) is 3.83. The van der Waals surface area contributed by atoms with Crippen LogP contribution in [0, 0.1) is 6.92 Å². The molecule has 0 aliphatic carbocycles. The Kier molecular flexibility index (Phi) is 3.52. The highest BCUT2D eigenvalue weighted by Crippen LogP contribution is 2.21. The van der Waals surface area contributed by atoms with Gasteiger partial charge in [-0.3, -0.25) is 9.69 Å². The van der Waals surface area contributed by atoms with Crippen LogP contribution in [0.1, 0.15) is 24.3 Å². The summed E-state index contributed by atoms with van der Waals surface area (Å²) in [6.07, 6.45) is 0. The van der Waals surface area contributed by atoms with Gasteiger partial charge in [0.25, 0.3) is 0 Å². The van der Waals surface area contributed by atoms with E-state index in [1.165, 1.54) is 10.4 Å². The number of likely N-dealkylation sites (N-methyl/N-ethyl adjacent to an activating group) is 1. The van der Waals surface area contributed by atoms with Crippen LogP contribution in [-0.4, -0.2) is 28.6 Å². The van der Waals surface area contributed by atoms with E-state index < -0.39 is 11.5 Å². The molecule has 0 amide bonds. The van der Waals surface area contributed by atoms with E-state index in [2.05, 4.69) is 6.07 Å². The molecule has 0 bridgehead atoms. The number of hydrogen-bond acceptors (Lipinski definition) is 3. The fourth-order valence-electron chi connectivity index (χ4n) is 1.14. The van der Waals surface area contributed by atoms with Crippen molar-refractivity contribution in [2.75, 3.05) is 7.05 Å². The van der Waals surface area contributed by atoms with Gasteiger partial charge in [-0.25, -0.2) is 0 Å². The molecule has 1 aromatic heterocycles. The number of nitrogens with zero attached hydrogens (tertiary/aromatic N) is 1. The van der Waals surface area contributed by atoms with E-state index in [1.807, 2.05) is 24.3 Å². The first-order valence-electron chi connectivity index (χ1n) is 4.83. The second-order valence-corrected chi connectivity index (χ2v) is 5.25. The average molecular weight is 227 g/mol. The lowest BCUT2D eigenvalue weighted by atomic mass is 10.0. The number of aryl methyl sites for hydroxylation is 1. The number of rotatable bonds is 4. The van der Waals surface area contributed by atoms with E-state index in [-0.39, 0.29) is 0 Å². The molecule has 0 aliphatic heterocycles. The van der Waals surface area contributed by atoms with Gasteiger partial charge in [0.2, 0.25) is 0 Å².